The van der Waals surface area contributed by atoms with Crippen LogP contribution in [0.4, 0.5) is 9.18 Å². The predicted molar refractivity (Wildman–Crippen MR) is 104 cm³/mol. The van der Waals surface area contributed by atoms with Crippen molar-refractivity contribution in [1.29, 1.82) is 0 Å². The number of piperidine rings is 1. The van der Waals surface area contributed by atoms with Gasteiger partial charge in [-0.1, -0.05) is 19.9 Å². The molecule has 1 aliphatic heterocycles. The molecule has 1 atom stereocenters. The van der Waals surface area contributed by atoms with E-state index < -0.39 is 5.97 Å². The molecule has 0 aromatic heterocycles. The van der Waals surface area contributed by atoms with Gasteiger partial charge in [-0.05, 0) is 37.9 Å². The minimum absolute atomic E-state index is 0.0307. The van der Waals surface area contributed by atoms with Gasteiger partial charge in [0.05, 0.1) is 13.1 Å². The fourth-order valence-corrected chi connectivity index (χ4v) is 3.42. The van der Waals surface area contributed by atoms with Crippen molar-refractivity contribution in [3.05, 3.63) is 30.1 Å². The number of likely N-dealkylation sites (N-methyl/N-ethyl adjacent to an activating group) is 1. The number of hydrogen-bond donors (Lipinski definition) is 2. The summed E-state index contributed by atoms with van der Waals surface area (Å²) in [6.45, 7) is 6.13. The molecule has 0 bridgehead atoms. The van der Waals surface area contributed by atoms with E-state index in [0.717, 1.165) is 12.8 Å². The molecule has 7 nitrogen and oxygen atoms in total. The SMILES string of the molecule is CCC(CNC(=O)N1CCC(N(CC)CC(=O)O)CC1)Oc1cccc(F)c1. The quantitative estimate of drug-likeness (QED) is 0.672. The molecular weight excluding hydrogens is 365 g/mol. The fourth-order valence-electron chi connectivity index (χ4n) is 3.42. The Morgan fingerprint density at radius 3 is 2.64 bits per heavy atom. The standard InChI is InChI=1S/C20H30FN3O4/c1-3-17(28-18-7-5-6-15(21)12-18)13-22-20(27)24-10-8-16(9-11-24)23(4-2)14-19(25)26/h5-7,12,16-17H,3-4,8-11,13-14H2,1-2H3,(H,22,27)(H,25,26). The van der Waals surface area contributed by atoms with Crippen LogP contribution in [0.2, 0.25) is 0 Å². The second kappa shape index (κ2) is 10.8. The molecule has 28 heavy (non-hydrogen) atoms. The number of carboxylic acids is 1. The highest BCUT2D eigenvalue weighted by Crippen LogP contribution is 2.17. The second-order valence-electron chi connectivity index (χ2n) is 6.97. The van der Waals surface area contributed by atoms with Crippen molar-refractivity contribution < 1.29 is 23.8 Å². The number of rotatable bonds is 9. The van der Waals surface area contributed by atoms with Gasteiger partial charge in [0.15, 0.2) is 0 Å². The summed E-state index contributed by atoms with van der Waals surface area (Å²) >= 11 is 0. The molecule has 1 aliphatic rings. The van der Waals surface area contributed by atoms with Crippen LogP contribution in [0, 0.1) is 5.82 Å². The number of nitrogens with one attached hydrogen (secondary N) is 1. The minimum Gasteiger partial charge on any atom is -0.489 e. The van der Waals surface area contributed by atoms with Crippen molar-refractivity contribution in [2.24, 2.45) is 0 Å². The highest BCUT2D eigenvalue weighted by Gasteiger charge is 2.27. The third-order valence-corrected chi connectivity index (χ3v) is 5.05. The van der Waals surface area contributed by atoms with Gasteiger partial charge in [0, 0.05) is 25.2 Å². The highest BCUT2D eigenvalue weighted by atomic mass is 19.1. The van der Waals surface area contributed by atoms with E-state index in [2.05, 4.69) is 5.32 Å². The molecule has 1 saturated heterocycles. The third kappa shape index (κ3) is 6.67. The smallest absolute Gasteiger partial charge is 0.317 e. The zero-order chi connectivity index (χ0) is 20.5. The molecule has 1 heterocycles. The van der Waals surface area contributed by atoms with E-state index in [4.69, 9.17) is 9.84 Å². The molecule has 2 N–H and O–H groups in total. The van der Waals surface area contributed by atoms with Crippen LogP contribution in [0.1, 0.15) is 33.1 Å². The lowest BCUT2D eigenvalue weighted by Crippen LogP contribution is -2.51. The molecule has 0 spiro atoms. The lowest BCUT2D eigenvalue weighted by atomic mass is 10.0. The number of likely N-dealkylation sites (tertiary alicyclic amines) is 1. The van der Waals surface area contributed by atoms with Gasteiger partial charge in [-0.25, -0.2) is 9.18 Å². The first kappa shape index (κ1) is 21.9. The van der Waals surface area contributed by atoms with Gasteiger partial charge < -0.3 is 20.1 Å². The maximum atomic E-state index is 13.3. The maximum Gasteiger partial charge on any atom is 0.317 e. The Bertz CT molecular complexity index is 650. The van der Waals surface area contributed by atoms with Crippen molar-refractivity contribution in [2.45, 2.75) is 45.3 Å². The lowest BCUT2D eigenvalue weighted by Gasteiger charge is -2.37. The van der Waals surface area contributed by atoms with Gasteiger partial charge in [0.2, 0.25) is 0 Å². The van der Waals surface area contributed by atoms with E-state index in [-0.39, 0.29) is 30.5 Å². The number of halogens is 1. The average molecular weight is 395 g/mol. The first-order valence-corrected chi connectivity index (χ1v) is 9.83. The molecule has 2 amide bonds. The Kier molecular flexibility index (Phi) is 8.50. The first-order chi connectivity index (χ1) is 13.4. The van der Waals surface area contributed by atoms with E-state index in [1.54, 1.807) is 17.0 Å². The summed E-state index contributed by atoms with van der Waals surface area (Å²) in [6, 6.07) is 5.99. The maximum absolute atomic E-state index is 13.3. The van der Waals surface area contributed by atoms with Crippen molar-refractivity contribution in [2.75, 3.05) is 32.7 Å². The average Bonchev–Trinajstić information content (AvgIpc) is 2.69. The highest BCUT2D eigenvalue weighted by molar-refractivity contribution is 5.74. The number of benzene rings is 1. The number of amides is 2. The van der Waals surface area contributed by atoms with Crippen LogP contribution in [0.3, 0.4) is 0 Å². The summed E-state index contributed by atoms with van der Waals surface area (Å²) in [4.78, 5) is 27.1. The van der Waals surface area contributed by atoms with Crippen molar-refractivity contribution >= 4 is 12.0 Å². The molecule has 8 heteroatoms. The normalized spacial score (nSPS) is 16.1. The number of nitrogens with zero attached hydrogens (tertiary/aromatic N) is 2. The summed E-state index contributed by atoms with van der Waals surface area (Å²) in [5.74, 6) is -0.741. The van der Waals surface area contributed by atoms with Gasteiger partial charge in [-0.3, -0.25) is 9.69 Å². The Hall–Kier alpha value is -2.35. The Labute approximate surface area is 165 Å². The number of urea groups is 1. The molecule has 156 valence electrons. The van der Waals surface area contributed by atoms with Gasteiger partial charge in [0.1, 0.15) is 17.7 Å². The monoisotopic (exact) mass is 395 g/mol. The number of hydrogen-bond acceptors (Lipinski definition) is 4. The van der Waals surface area contributed by atoms with Crippen LogP contribution in [-0.4, -0.2) is 71.8 Å². The van der Waals surface area contributed by atoms with Gasteiger partial charge in [-0.2, -0.15) is 0 Å². The second-order valence-corrected chi connectivity index (χ2v) is 6.97. The van der Waals surface area contributed by atoms with Crippen LogP contribution < -0.4 is 10.1 Å². The Morgan fingerprint density at radius 1 is 1.36 bits per heavy atom. The van der Waals surface area contributed by atoms with Gasteiger partial charge in [0.25, 0.3) is 0 Å². The zero-order valence-corrected chi connectivity index (χ0v) is 16.6. The van der Waals surface area contributed by atoms with Gasteiger partial charge >= 0.3 is 12.0 Å². The van der Waals surface area contributed by atoms with E-state index in [1.807, 2.05) is 18.7 Å². The van der Waals surface area contributed by atoms with E-state index in [1.165, 1.54) is 12.1 Å². The molecule has 1 fully saturated rings. The first-order valence-electron chi connectivity index (χ1n) is 9.83. The Balaban J connectivity index is 1.77. The summed E-state index contributed by atoms with van der Waals surface area (Å²) in [6.07, 6.45) is 1.95. The molecule has 0 aliphatic carbocycles. The predicted octanol–water partition coefficient (Wildman–Crippen LogP) is 2.56. The zero-order valence-electron chi connectivity index (χ0n) is 16.6. The summed E-state index contributed by atoms with van der Waals surface area (Å²) < 4.78 is 19.0. The number of carbonyl (C=O) groups is 2. The number of carbonyl (C=O) groups excluding carboxylic acids is 1. The third-order valence-electron chi connectivity index (χ3n) is 5.05. The topological polar surface area (TPSA) is 82.1 Å². The largest absolute Gasteiger partial charge is 0.489 e. The molecule has 1 aromatic rings. The van der Waals surface area contributed by atoms with Crippen molar-refractivity contribution in [1.82, 2.24) is 15.1 Å². The van der Waals surface area contributed by atoms with Crippen LogP contribution in [0.5, 0.6) is 5.75 Å². The lowest BCUT2D eigenvalue weighted by molar-refractivity contribution is -0.139. The Morgan fingerprint density at radius 2 is 2.07 bits per heavy atom. The molecule has 1 unspecified atom stereocenters. The van der Waals surface area contributed by atoms with Crippen LogP contribution in [0.15, 0.2) is 24.3 Å². The number of carboxylic acid groups (broad SMARTS) is 1. The molecule has 0 radical (unpaired) electrons. The van der Waals surface area contributed by atoms with E-state index in [0.29, 0.717) is 38.3 Å². The van der Waals surface area contributed by atoms with Gasteiger partial charge in [-0.15, -0.1) is 0 Å². The van der Waals surface area contributed by atoms with E-state index >= 15 is 0 Å². The summed E-state index contributed by atoms with van der Waals surface area (Å²) in [5, 5.41) is 11.9. The fraction of sp³-hybridized carbons (Fsp3) is 0.600. The van der Waals surface area contributed by atoms with Crippen molar-refractivity contribution in [3.63, 3.8) is 0 Å². The molecule has 2 rings (SSSR count). The van der Waals surface area contributed by atoms with Crippen LogP contribution >= 0.6 is 0 Å². The molecule has 0 saturated carbocycles. The number of aliphatic carboxylic acids is 1. The van der Waals surface area contributed by atoms with E-state index in [9.17, 15) is 14.0 Å². The van der Waals surface area contributed by atoms with Crippen LogP contribution in [0.25, 0.3) is 0 Å². The summed E-state index contributed by atoms with van der Waals surface area (Å²) in [7, 11) is 0. The van der Waals surface area contributed by atoms with Crippen molar-refractivity contribution in [3.8, 4) is 5.75 Å². The molecular formula is C20H30FN3O4. The number of ether oxygens (including phenoxy) is 1. The van der Waals surface area contributed by atoms with Crippen LogP contribution in [-0.2, 0) is 4.79 Å². The summed E-state index contributed by atoms with van der Waals surface area (Å²) in [5.41, 5.74) is 0. The molecule has 1 aromatic carbocycles. The minimum atomic E-state index is -0.828.